The van der Waals surface area contributed by atoms with Crippen molar-refractivity contribution in [2.75, 3.05) is 4.90 Å². The van der Waals surface area contributed by atoms with E-state index in [0.29, 0.717) is 12.0 Å². The molecule has 1 aliphatic rings. The van der Waals surface area contributed by atoms with Crippen LogP contribution in [0.15, 0.2) is 24.3 Å². The van der Waals surface area contributed by atoms with Gasteiger partial charge in [-0.2, -0.15) is 0 Å². The summed E-state index contributed by atoms with van der Waals surface area (Å²) in [5, 5.41) is 0. The number of nitrogens with zero attached hydrogens (tertiary/aromatic N) is 1. The van der Waals surface area contributed by atoms with Gasteiger partial charge in [0.2, 0.25) is 11.8 Å². The quantitative estimate of drug-likeness (QED) is 0.618. The van der Waals surface area contributed by atoms with Crippen molar-refractivity contribution in [3.05, 3.63) is 30.1 Å². The third-order valence-corrected chi connectivity index (χ3v) is 3.43. The molecule has 1 fully saturated rings. The molecule has 1 saturated heterocycles. The Morgan fingerprint density at radius 2 is 1.84 bits per heavy atom. The maximum atomic E-state index is 12.9. The predicted octanol–water partition coefficient (Wildman–Crippen LogP) is 1.93. The van der Waals surface area contributed by atoms with E-state index in [1.165, 1.54) is 24.3 Å². The van der Waals surface area contributed by atoms with Gasteiger partial charge in [-0.1, -0.05) is 13.8 Å². The van der Waals surface area contributed by atoms with Crippen LogP contribution < -0.4 is 4.90 Å². The number of carbonyl (C=O) groups excluding carboxylic acids is 3. The molecule has 0 bridgehead atoms. The summed E-state index contributed by atoms with van der Waals surface area (Å²) in [5.74, 6) is -1.87. The number of imide groups is 1. The number of carbonyl (C=O) groups is 3. The Bertz CT molecular complexity index is 536. The smallest absolute Gasteiger partial charge is 0.238 e. The van der Waals surface area contributed by atoms with E-state index in [1.807, 2.05) is 0 Å². The lowest BCUT2D eigenvalue weighted by molar-refractivity contribution is -0.129. The second kappa shape index (κ2) is 4.57. The lowest BCUT2D eigenvalue weighted by atomic mass is 9.79. The zero-order valence-electron chi connectivity index (χ0n) is 10.7. The number of anilines is 1. The highest BCUT2D eigenvalue weighted by Crippen LogP contribution is 2.36. The first-order chi connectivity index (χ1) is 8.86. The van der Waals surface area contributed by atoms with Crippen molar-refractivity contribution in [3.8, 4) is 0 Å². The van der Waals surface area contributed by atoms with Gasteiger partial charge >= 0.3 is 0 Å². The fourth-order valence-electron chi connectivity index (χ4n) is 2.16. The van der Waals surface area contributed by atoms with Gasteiger partial charge in [0.1, 0.15) is 12.1 Å². The van der Waals surface area contributed by atoms with Crippen molar-refractivity contribution < 1.29 is 18.8 Å². The standard InChI is InChI=1S/C14H14FNO3/c1-14(2,8-17)11-7-12(18)16(13(11)19)10-5-3-9(15)4-6-10/h3-6,8,11H,7H2,1-2H3/t11-/m0/s1. The van der Waals surface area contributed by atoms with E-state index in [4.69, 9.17) is 0 Å². The maximum Gasteiger partial charge on any atom is 0.238 e. The van der Waals surface area contributed by atoms with Crippen LogP contribution in [-0.4, -0.2) is 18.1 Å². The van der Waals surface area contributed by atoms with Crippen LogP contribution in [0.1, 0.15) is 20.3 Å². The van der Waals surface area contributed by atoms with Gasteiger partial charge in [0, 0.05) is 11.8 Å². The van der Waals surface area contributed by atoms with Crippen LogP contribution in [0.4, 0.5) is 10.1 Å². The number of benzene rings is 1. The van der Waals surface area contributed by atoms with Gasteiger partial charge in [-0.05, 0) is 24.3 Å². The number of halogens is 1. The van der Waals surface area contributed by atoms with Gasteiger partial charge in [0.05, 0.1) is 11.6 Å². The molecule has 0 spiro atoms. The SMILES string of the molecule is CC(C)(C=O)[C@H]1CC(=O)N(c2ccc(F)cc2)C1=O. The Kier molecular flexibility index (Phi) is 3.22. The number of hydrogen-bond donors (Lipinski definition) is 0. The second-order valence-electron chi connectivity index (χ2n) is 5.24. The highest BCUT2D eigenvalue weighted by Gasteiger charge is 2.47. The number of amides is 2. The van der Waals surface area contributed by atoms with Gasteiger partial charge < -0.3 is 4.79 Å². The van der Waals surface area contributed by atoms with Gasteiger partial charge in [-0.3, -0.25) is 14.5 Å². The lowest BCUT2D eigenvalue weighted by Crippen LogP contribution is -2.35. The Hall–Kier alpha value is -2.04. The fourth-order valence-corrected chi connectivity index (χ4v) is 2.16. The first kappa shape index (κ1) is 13.4. The van der Waals surface area contributed by atoms with Gasteiger partial charge in [0.25, 0.3) is 0 Å². The summed E-state index contributed by atoms with van der Waals surface area (Å²) in [5.41, 5.74) is -0.553. The van der Waals surface area contributed by atoms with Crippen molar-refractivity contribution in [1.82, 2.24) is 0 Å². The number of rotatable bonds is 3. The average Bonchev–Trinajstić information content (AvgIpc) is 2.67. The van der Waals surface area contributed by atoms with Crippen molar-refractivity contribution in [2.45, 2.75) is 20.3 Å². The van der Waals surface area contributed by atoms with Crippen LogP contribution >= 0.6 is 0 Å². The van der Waals surface area contributed by atoms with Crippen LogP contribution in [-0.2, 0) is 14.4 Å². The molecule has 0 radical (unpaired) electrons. The van der Waals surface area contributed by atoms with E-state index in [0.717, 1.165) is 4.90 Å². The topological polar surface area (TPSA) is 54.5 Å². The minimum atomic E-state index is -0.887. The molecule has 19 heavy (non-hydrogen) atoms. The number of hydrogen-bond acceptors (Lipinski definition) is 3. The van der Waals surface area contributed by atoms with E-state index < -0.39 is 23.1 Å². The fraction of sp³-hybridized carbons (Fsp3) is 0.357. The molecule has 1 heterocycles. The molecule has 1 aromatic carbocycles. The van der Waals surface area contributed by atoms with Crippen molar-refractivity contribution in [1.29, 1.82) is 0 Å². The van der Waals surface area contributed by atoms with Crippen LogP contribution in [0.2, 0.25) is 0 Å². The van der Waals surface area contributed by atoms with Crippen molar-refractivity contribution in [2.24, 2.45) is 11.3 Å². The van der Waals surface area contributed by atoms with Crippen LogP contribution in [0.5, 0.6) is 0 Å². The molecular weight excluding hydrogens is 249 g/mol. The number of aldehydes is 1. The van der Waals surface area contributed by atoms with E-state index >= 15 is 0 Å². The Morgan fingerprint density at radius 3 is 2.37 bits per heavy atom. The minimum Gasteiger partial charge on any atom is -0.303 e. The molecule has 0 aromatic heterocycles. The molecule has 0 unspecified atom stereocenters. The monoisotopic (exact) mass is 263 g/mol. The molecule has 1 atom stereocenters. The molecule has 5 heteroatoms. The van der Waals surface area contributed by atoms with E-state index in [2.05, 4.69) is 0 Å². The molecule has 0 aliphatic carbocycles. The van der Waals surface area contributed by atoms with Crippen LogP contribution in [0.25, 0.3) is 0 Å². The zero-order valence-corrected chi connectivity index (χ0v) is 10.7. The molecule has 2 amide bonds. The van der Waals surface area contributed by atoms with E-state index in [9.17, 15) is 18.8 Å². The molecule has 1 aliphatic heterocycles. The third-order valence-electron chi connectivity index (χ3n) is 3.43. The van der Waals surface area contributed by atoms with Crippen molar-refractivity contribution >= 4 is 23.8 Å². The first-order valence-corrected chi connectivity index (χ1v) is 5.95. The van der Waals surface area contributed by atoms with Crippen molar-refractivity contribution in [3.63, 3.8) is 0 Å². The molecule has 4 nitrogen and oxygen atoms in total. The molecular formula is C14H14FNO3. The van der Waals surface area contributed by atoms with Gasteiger partial charge in [-0.25, -0.2) is 4.39 Å². The normalized spacial score (nSPS) is 19.9. The van der Waals surface area contributed by atoms with Crippen LogP contribution in [0, 0.1) is 17.2 Å². The summed E-state index contributed by atoms with van der Waals surface area (Å²) in [6, 6.07) is 5.13. The predicted molar refractivity (Wildman–Crippen MR) is 66.8 cm³/mol. The third kappa shape index (κ3) is 2.28. The molecule has 2 rings (SSSR count). The summed E-state index contributed by atoms with van der Waals surface area (Å²) >= 11 is 0. The molecule has 100 valence electrons. The Labute approximate surface area is 110 Å². The van der Waals surface area contributed by atoms with Gasteiger partial charge in [0.15, 0.2) is 0 Å². The summed E-state index contributed by atoms with van der Waals surface area (Å²) < 4.78 is 12.9. The Morgan fingerprint density at radius 1 is 1.26 bits per heavy atom. The highest BCUT2D eigenvalue weighted by molar-refractivity contribution is 6.21. The molecule has 1 aromatic rings. The molecule has 0 N–H and O–H groups in total. The highest BCUT2D eigenvalue weighted by atomic mass is 19.1. The van der Waals surface area contributed by atoms with Gasteiger partial charge in [-0.15, -0.1) is 0 Å². The summed E-state index contributed by atoms with van der Waals surface area (Å²) in [7, 11) is 0. The maximum absolute atomic E-state index is 12.9. The minimum absolute atomic E-state index is 0.00193. The second-order valence-corrected chi connectivity index (χ2v) is 5.24. The summed E-state index contributed by atoms with van der Waals surface area (Å²) in [6.07, 6.45) is 0.693. The summed E-state index contributed by atoms with van der Waals surface area (Å²) in [6.45, 7) is 3.26. The molecule has 0 saturated carbocycles. The zero-order chi connectivity index (χ0) is 14.2. The van der Waals surface area contributed by atoms with Crippen LogP contribution in [0.3, 0.4) is 0 Å². The van der Waals surface area contributed by atoms with E-state index in [-0.39, 0.29) is 12.3 Å². The first-order valence-electron chi connectivity index (χ1n) is 5.95. The van der Waals surface area contributed by atoms with E-state index in [1.54, 1.807) is 13.8 Å². The lowest BCUT2D eigenvalue weighted by Gasteiger charge is -2.23. The summed E-state index contributed by atoms with van der Waals surface area (Å²) in [4.78, 5) is 36.2. The average molecular weight is 263 g/mol. The largest absolute Gasteiger partial charge is 0.303 e. The Balaban J connectivity index is 2.34.